The number of aromatic nitrogens is 1. The SMILES string of the molecule is CC(O)C#Cc1cc(Br)nc2ccccc12. The molecule has 1 aromatic heterocycles. The molecule has 0 amide bonds. The molecule has 3 heteroatoms. The lowest BCUT2D eigenvalue weighted by molar-refractivity contribution is 0.253. The predicted molar refractivity (Wildman–Crippen MR) is 68.0 cm³/mol. The molecule has 0 spiro atoms. The highest BCUT2D eigenvalue weighted by molar-refractivity contribution is 9.10. The number of rotatable bonds is 0. The minimum absolute atomic E-state index is 0.620. The first-order valence-electron chi connectivity index (χ1n) is 4.92. The summed E-state index contributed by atoms with van der Waals surface area (Å²) in [4.78, 5) is 4.35. The fourth-order valence-corrected chi connectivity index (χ4v) is 1.85. The topological polar surface area (TPSA) is 33.1 Å². The highest BCUT2D eigenvalue weighted by Gasteiger charge is 2.01. The van der Waals surface area contributed by atoms with E-state index in [1.165, 1.54) is 0 Å². The Morgan fingerprint density at radius 3 is 2.88 bits per heavy atom. The molecule has 16 heavy (non-hydrogen) atoms. The molecule has 80 valence electrons. The molecule has 0 bridgehead atoms. The van der Waals surface area contributed by atoms with Gasteiger partial charge < -0.3 is 5.11 Å². The Morgan fingerprint density at radius 2 is 2.12 bits per heavy atom. The van der Waals surface area contributed by atoms with Gasteiger partial charge in [0.1, 0.15) is 10.7 Å². The van der Waals surface area contributed by atoms with E-state index < -0.39 is 6.10 Å². The molecule has 0 aliphatic carbocycles. The Morgan fingerprint density at radius 1 is 1.38 bits per heavy atom. The summed E-state index contributed by atoms with van der Waals surface area (Å²) in [6.07, 6.45) is -0.620. The van der Waals surface area contributed by atoms with Crippen LogP contribution in [0.2, 0.25) is 0 Å². The second-order valence-corrected chi connectivity index (χ2v) is 4.27. The Labute approximate surface area is 102 Å². The molecule has 2 aromatic rings. The van der Waals surface area contributed by atoms with Crippen molar-refractivity contribution in [3.8, 4) is 11.8 Å². The van der Waals surface area contributed by atoms with Crippen LogP contribution in [0.3, 0.4) is 0 Å². The van der Waals surface area contributed by atoms with E-state index in [1.807, 2.05) is 30.3 Å². The number of fused-ring (bicyclic) bond motifs is 1. The Bertz CT molecular complexity index is 581. The summed E-state index contributed by atoms with van der Waals surface area (Å²) in [5, 5.41) is 10.2. The Kier molecular flexibility index (Phi) is 3.23. The molecular formula is C13H10BrNO. The Hall–Kier alpha value is -1.37. The number of pyridine rings is 1. The standard InChI is InChI=1S/C13H10BrNO/c1-9(16)6-7-10-8-13(14)15-12-5-3-2-4-11(10)12/h2-5,8-9,16H,1H3. The van der Waals surface area contributed by atoms with Gasteiger partial charge in [-0.15, -0.1) is 0 Å². The monoisotopic (exact) mass is 275 g/mol. The summed E-state index contributed by atoms with van der Waals surface area (Å²) in [6.45, 7) is 1.64. The van der Waals surface area contributed by atoms with Crippen LogP contribution in [0.5, 0.6) is 0 Å². The van der Waals surface area contributed by atoms with Gasteiger partial charge in [-0.05, 0) is 35.0 Å². The third-order valence-corrected chi connectivity index (χ3v) is 2.51. The molecule has 1 heterocycles. The van der Waals surface area contributed by atoms with Crippen LogP contribution >= 0.6 is 15.9 Å². The van der Waals surface area contributed by atoms with Gasteiger partial charge in [0, 0.05) is 10.9 Å². The number of para-hydroxylation sites is 1. The molecule has 1 aromatic carbocycles. The zero-order chi connectivity index (χ0) is 11.5. The summed E-state index contributed by atoms with van der Waals surface area (Å²) >= 11 is 3.35. The highest BCUT2D eigenvalue weighted by Crippen LogP contribution is 2.20. The average Bonchev–Trinajstić information content (AvgIpc) is 2.25. The van der Waals surface area contributed by atoms with Crippen LogP contribution in [0.4, 0.5) is 0 Å². The van der Waals surface area contributed by atoms with E-state index in [4.69, 9.17) is 5.11 Å². The molecule has 0 saturated heterocycles. The van der Waals surface area contributed by atoms with Gasteiger partial charge in [0.2, 0.25) is 0 Å². The third-order valence-electron chi connectivity index (χ3n) is 2.10. The average molecular weight is 276 g/mol. The van der Waals surface area contributed by atoms with E-state index in [2.05, 4.69) is 32.8 Å². The van der Waals surface area contributed by atoms with Crippen molar-refractivity contribution in [3.05, 3.63) is 40.5 Å². The van der Waals surface area contributed by atoms with Gasteiger partial charge >= 0.3 is 0 Å². The maximum absolute atomic E-state index is 9.15. The maximum atomic E-state index is 9.15. The fourth-order valence-electron chi connectivity index (χ4n) is 1.43. The number of hydrogen-bond donors (Lipinski definition) is 1. The predicted octanol–water partition coefficient (Wildman–Crippen LogP) is 2.73. The van der Waals surface area contributed by atoms with E-state index >= 15 is 0 Å². The van der Waals surface area contributed by atoms with Gasteiger partial charge in [-0.25, -0.2) is 4.98 Å². The fraction of sp³-hybridized carbons (Fsp3) is 0.154. The number of nitrogens with zero attached hydrogens (tertiary/aromatic N) is 1. The van der Waals surface area contributed by atoms with Crippen LogP contribution in [0.25, 0.3) is 10.9 Å². The first-order valence-corrected chi connectivity index (χ1v) is 5.71. The van der Waals surface area contributed by atoms with Crippen LogP contribution in [-0.4, -0.2) is 16.2 Å². The lowest BCUT2D eigenvalue weighted by Gasteiger charge is -2.01. The Balaban J connectivity index is 2.65. The smallest absolute Gasteiger partial charge is 0.112 e. The number of aliphatic hydroxyl groups excluding tert-OH is 1. The number of aliphatic hydroxyl groups is 1. The van der Waals surface area contributed by atoms with Gasteiger partial charge in [0.05, 0.1) is 5.52 Å². The zero-order valence-corrected chi connectivity index (χ0v) is 10.3. The third kappa shape index (κ3) is 2.41. The summed E-state index contributed by atoms with van der Waals surface area (Å²) < 4.78 is 0.751. The first kappa shape index (κ1) is 11.1. The van der Waals surface area contributed by atoms with Crippen LogP contribution in [0, 0.1) is 11.8 Å². The summed E-state index contributed by atoms with van der Waals surface area (Å²) in [5.41, 5.74) is 1.77. The van der Waals surface area contributed by atoms with E-state index in [9.17, 15) is 0 Å². The molecule has 0 aliphatic heterocycles. The summed E-state index contributed by atoms with van der Waals surface area (Å²) in [6, 6.07) is 9.66. The van der Waals surface area contributed by atoms with Crippen molar-refractivity contribution in [2.45, 2.75) is 13.0 Å². The number of benzene rings is 1. The highest BCUT2D eigenvalue weighted by atomic mass is 79.9. The summed E-state index contributed by atoms with van der Waals surface area (Å²) in [7, 11) is 0. The molecule has 0 radical (unpaired) electrons. The van der Waals surface area contributed by atoms with Gasteiger partial charge in [0.15, 0.2) is 0 Å². The molecule has 1 atom stereocenters. The van der Waals surface area contributed by atoms with Crippen molar-refractivity contribution in [1.29, 1.82) is 0 Å². The first-order chi connectivity index (χ1) is 7.66. The van der Waals surface area contributed by atoms with Gasteiger partial charge in [-0.1, -0.05) is 30.0 Å². The summed E-state index contributed by atoms with van der Waals surface area (Å²) in [5.74, 6) is 5.70. The zero-order valence-electron chi connectivity index (χ0n) is 8.74. The molecule has 2 nitrogen and oxygen atoms in total. The maximum Gasteiger partial charge on any atom is 0.112 e. The lowest BCUT2D eigenvalue weighted by atomic mass is 10.1. The molecule has 0 fully saturated rings. The van der Waals surface area contributed by atoms with Crippen molar-refractivity contribution in [2.75, 3.05) is 0 Å². The van der Waals surface area contributed by atoms with Crippen LogP contribution < -0.4 is 0 Å². The van der Waals surface area contributed by atoms with E-state index in [0.29, 0.717) is 0 Å². The largest absolute Gasteiger partial charge is 0.381 e. The molecule has 1 unspecified atom stereocenters. The van der Waals surface area contributed by atoms with Crippen molar-refractivity contribution in [3.63, 3.8) is 0 Å². The van der Waals surface area contributed by atoms with Crippen molar-refractivity contribution >= 4 is 26.8 Å². The molecule has 2 rings (SSSR count). The molecule has 0 aliphatic rings. The van der Waals surface area contributed by atoms with Crippen molar-refractivity contribution in [1.82, 2.24) is 4.98 Å². The normalized spacial score (nSPS) is 11.9. The van der Waals surface area contributed by atoms with E-state index in [-0.39, 0.29) is 0 Å². The van der Waals surface area contributed by atoms with Crippen LogP contribution in [-0.2, 0) is 0 Å². The van der Waals surface area contributed by atoms with Crippen LogP contribution in [0.15, 0.2) is 34.9 Å². The second-order valence-electron chi connectivity index (χ2n) is 3.46. The number of halogens is 1. The van der Waals surface area contributed by atoms with E-state index in [0.717, 1.165) is 21.1 Å². The van der Waals surface area contributed by atoms with Crippen LogP contribution in [0.1, 0.15) is 12.5 Å². The molecule has 1 N–H and O–H groups in total. The van der Waals surface area contributed by atoms with E-state index in [1.54, 1.807) is 6.92 Å². The van der Waals surface area contributed by atoms with Gasteiger partial charge in [-0.3, -0.25) is 0 Å². The minimum atomic E-state index is -0.620. The second kappa shape index (κ2) is 4.65. The van der Waals surface area contributed by atoms with Gasteiger partial charge in [0.25, 0.3) is 0 Å². The number of hydrogen-bond acceptors (Lipinski definition) is 2. The van der Waals surface area contributed by atoms with Crippen molar-refractivity contribution in [2.24, 2.45) is 0 Å². The van der Waals surface area contributed by atoms with Gasteiger partial charge in [-0.2, -0.15) is 0 Å². The minimum Gasteiger partial charge on any atom is -0.381 e. The quantitative estimate of drug-likeness (QED) is 0.593. The van der Waals surface area contributed by atoms with Crippen molar-refractivity contribution < 1.29 is 5.11 Å². The lowest BCUT2D eigenvalue weighted by Crippen LogP contribution is -1.93. The molecular weight excluding hydrogens is 266 g/mol. The molecule has 0 saturated carbocycles.